The van der Waals surface area contributed by atoms with E-state index in [1.54, 1.807) is 12.1 Å². The zero-order chi connectivity index (χ0) is 20.2. The Morgan fingerprint density at radius 2 is 1.81 bits per heavy atom. The first-order valence-electron chi connectivity index (χ1n) is 8.10. The first-order valence-corrected chi connectivity index (χ1v) is 8.47. The van der Waals surface area contributed by atoms with Gasteiger partial charge in [-0.2, -0.15) is 13.2 Å². The Hall–Kier alpha value is -2.54. The standard InChI is InChI=1S/C19H18ClF3N2O2/c1-12-5-3-4-6-16(12)24-18(27)9-10-25(13(2)26)17-8-7-14(20)11-15(17)19(21,22)23/h3-8,11H,9-10H2,1-2H3,(H,24,27). The average Bonchev–Trinajstić information content (AvgIpc) is 2.57. The summed E-state index contributed by atoms with van der Waals surface area (Å²) >= 11 is 5.67. The maximum Gasteiger partial charge on any atom is 0.418 e. The minimum atomic E-state index is -4.68. The molecule has 0 unspecified atom stereocenters. The predicted molar refractivity (Wildman–Crippen MR) is 98.9 cm³/mol. The smallest absolute Gasteiger partial charge is 0.326 e. The van der Waals surface area contributed by atoms with Crippen LogP contribution < -0.4 is 10.2 Å². The van der Waals surface area contributed by atoms with Gasteiger partial charge >= 0.3 is 6.18 Å². The van der Waals surface area contributed by atoms with Gasteiger partial charge in [0.05, 0.1) is 11.3 Å². The van der Waals surface area contributed by atoms with Crippen LogP contribution in [0.2, 0.25) is 5.02 Å². The number of carbonyl (C=O) groups excluding carboxylic acids is 2. The summed E-state index contributed by atoms with van der Waals surface area (Å²) in [7, 11) is 0. The van der Waals surface area contributed by atoms with E-state index in [0.717, 1.165) is 29.5 Å². The molecule has 0 spiro atoms. The van der Waals surface area contributed by atoms with Gasteiger partial charge in [0.15, 0.2) is 0 Å². The third kappa shape index (κ3) is 5.47. The molecule has 0 heterocycles. The van der Waals surface area contributed by atoms with Crippen molar-refractivity contribution in [2.24, 2.45) is 0 Å². The summed E-state index contributed by atoms with van der Waals surface area (Å²) < 4.78 is 39.9. The molecule has 4 nitrogen and oxygen atoms in total. The Labute approximate surface area is 159 Å². The van der Waals surface area contributed by atoms with Gasteiger partial charge < -0.3 is 10.2 Å². The van der Waals surface area contributed by atoms with Crippen molar-refractivity contribution in [1.82, 2.24) is 0 Å². The molecule has 2 aromatic carbocycles. The van der Waals surface area contributed by atoms with E-state index in [9.17, 15) is 22.8 Å². The van der Waals surface area contributed by atoms with Crippen LogP contribution in [0.15, 0.2) is 42.5 Å². The van der Waals surface area contributed by atoms with Crippen molar-refractivity contribution in [3.63, 3.8) is 0 Å². The van der Waals surface area contributed by atoms with Crippen molar-refractivity contribution in [3.05, 3.63) is 58.6 Å². The predicted octanol–water partition coefficient (Wildman–Crippen LogP) is 5.05. The van der Waals surface area contributed by atoms with E-state index in [4.69, 9.17) is 11.6 Å². The lowest BCUT2D eigenvalue weighted by molar-refractivity contribution is -0.137. The van der Waals surface area contributed by atoms with E-state index in [1.807, 2.05) is 19.1 Å². The Morgan fingerprint density at radius 1 is 1.15 bits per heavy atom. The highest BCUT2D eigenvalue weighted by atomic mass is 35.5. The maximum absolute atomic E-state index is 13.3. The van der Waals surface area contributed by atoms with Gasteiger partial charge in [0.2, 0.25) is 11.8 Å². The number of rotatable bonds is 5. The van der Waals surface area contributed by atoms with Crippen LogP contribution >= 0.6 is 11.6 Å². The Balaban J connectivity index is 2.19. The fourth-order valence-corrected chi connectivity index (χ4v) is 2.73. The van der Waals surface area contributed by atoms with Crippen LogP contribution in [0.3, 0.4) is 0 Å². The molecule has 0 aromatic heterocycles. The van der Waals surface area contributed by atoms with Crippen molar-refractivity contribution in [1.29, 1.82) is 0 Å². The topological polar surface area (TPSA) is 49.4 Å². The molecule has 0 saturated heterocycles. The van der Waals surface area contributed by atoms with Gasteiger partial charge in [0.1, 0.15) is 0 Å². The molecule has 144 valence electrons. The van der Waals surface area contributed by atoms with Crippen LogP contribution in [0.25, 0.3) is 0 Å². The van der Waals surface area contributed by atoms with E-state index < -0.39 is 23.6 Å². The van der Waals surface area contributed by atoms with Gasteiger partial charge in [-0.3, -0.25) is 9.59 Å². The van der Waals surface area contributed by atoms with Crippen LogP contribution in [0, 0.1) is 6.92 Å². The zero-order valence-electron chi connectivity index (χ0n) is 14.7. The number of benzene rings is 2. The summed E-state index contributed by atoms with van der Waals surface area (Å²) in [5.41, 5.74) is 0.110. The number of halogens is 4. The van der Waals surface area contributed by atoms with Crippen molar-refractivity contribution in [2.45, 2.75) is 26.4 Å². The number of alkyl halides is 3. The molecule has 27 heavy (non-hydrogen) atoms. The van der Waals surface area contributed by atoms with Crippen molar-refractivity contribution in [3.8, 4) is 0 Å². The highest BCUT2D eigenvalue weighted by Gasteiger charge is 2.36. The first kappa shape index (κ1) is 20.8. The van der Waals surface area contributed by atoms with Crippen LogP contribution in [-0.2, 0) is 15.8 Å². The minimum Gasteiger partial charge on any atom is -0.326 e. The number of hydrogen-bond acceptors (Lipinski definition) is 2. The van der Waals surface area contributed by atoms with Gasteiger partial charge in [-0.25, -0.2) is 0 Å². The molecule has 2 rings (SSSR count). The van der Waals surface area contributed by atoms with Crippen LogP contribution in [0.4, 0.5) is 24.5 Å². The number of amides is 2. The third-order valence-corrected chi connectivity index (χ3v) is 4.15. The molecule has 8 heteroatoms. The lowest BCUT2D eigenvalue weighted by Crippen LogP contribution is -2.33. The van der Waals surface area contributed by atoms with E-state index >= 15 is 0 Å². The minimum absolute atomic E-state index is 0.0909. The van der Waals surface area contributed by atoms with E-state index in [2.05, 4.69) is 5.32 Å². The summed E-state index contributed by atoms with van der Waals surface area (Å²) in [6.07, 6.45) is -4.84. The second kappa shape index (κ2) is 8.43. The molecule has 0 fully saturated rings. The Kier molecular flexibility index (Phi) is 6.49. The number of nitrogens with zero attached hydrogens (tertiary/aromatic N) is 1. The number of carbonyl (C=O) groups is 2. The quantitative estimate of drug-likeness (QED) is 0.766. The van der Waals surface area contributed by atoms with Gasteiger partial charge in [-0.1, -0.05) is 29.8 Å². The molecule has 0 aliphatic heterocycles. The monoisotopic (exact) mass is 398 g/mol. The number of hydrogen-bond donors (Lipinski definition) is 1. The van der Waals surface area contributed by atoms with E-state index in [-0.39, 0.29) is 23.7 Å². The van der Waals surface area contributed by atoms with Gasteiger partial charge in [0.25, 0.3) is 0 Å². The molecule has 0 atom stereocenters. The summed E-state index contributed by atoms with van der Waals surface area (Å²) in [6, 6.07) is 10.3. The molecule has 0 radical (unpaired) electrons. The summed E-state index contributed by atoms with van der Waals surface area (Å²) in [6.45, 7) is 2.77. The zero-order valence-corrected chi connectivity index (χ0v) is 15.5. The summed E-state index contributed by atoms with van der Waals surface area (Å²) in [4.78, 5) is 25.0. The molecule has 0 aliphatic rings. The van der Waals surface area contributed by atoms with Crippen molar-refractivity contribution < 1.29 is 22.8 Å². The molecular weight excluding hydrogens is 381 g/mol. The maximum atomic E-state index is 13.3. The third-order valence-electron chi connectivity index (χ3n) is 3.92. The highest BCUT2D eigenvalue weighted by molar-refractivity contribution is 6.30. The number of para-hydroxylation sites is 1. The fourth-order valence-electron chi connectivity index (χ4n) is 2.56. The summed E-state index contributed by atoms with van der Waals surface area (Å²) in [5.74, 6) is -1.01. The lowest BCUT2D eigenvalue weighted by Gasteiger charge is -2.25. The number of aryl methyl sites for hydroxylation is 1. The molecular formula is C19H18ClF3N2O2. The lowest BCUT2D eigenvalue weighted by atomic mass is 10.1. The highest BCUT2D eigenvalue weighted by Crippen LogP contribution is 2.38. The van der Waals surface area contributed by atoms with Crippen LogP contribution in [0.1, 0.15) is 24.5 Å². The average molecular weight is 399 g/mol. The second-order valence-corrected chi connectivity index (χ2v) is 6.38. The number of nitrogens with one attached hydrogen (secondary N) is 1. The normalized spacial score (nSPS) is 11.2. The van der Waals surface area contributed by atoms with Gasteiger partial charge in [0, 0.05) is 30.6 Å². The van der Waals surface area contributed by atoms with E-state index in [0.29, 0.717) is 5.69 Å². The van der Waals surface area contributed by atoms with Gasteiger partial charge in [-0.15, -0.1) is 0 Å². The molecule has 0 aliphatic carbocycles. The molecule has 0 saturated carbocycles. The summed E-state index contributed by atoms with van der Waals surface area (Å²) in [5, 5.41) is 2.60. The van der Waals surface area contributed by atoms with Gasteiger partial charge in [-0.05, 0) is 36.8 Å². The number of anilines is 2. The largest absolute Gasteiger partial charge is 0.418 e. The van der Waals surface area contributed by atoms with E-state index in [1.165, 1.54) is 6.07 Å². The molecule has 2 amide bonds. The Morgan fingerprint density at radius 3 is 2.41 bits per heavy atom. The SMILES string of the molecule is CC(=O)N(CCC(=O)Nc1ccccc1C)c1ccc(Cl)cc1C(F)(F)F. The second-order valence-electron chi connectivity index (χ2n) is 5.94. The van der Waals surface area contributed by atoms with Crippen molar-refractivity contribution in [2.75, 3.05) is 16.8 Å². The Bertz CT molecular complexity index is 853. The van der Waals surface area contributed by atoms with Crippen molar-refractivity contribution >= 4 is 34.8 Å². The molecule has 1 N–H and O–H groups in total. The fraction of sp³-hybridized carbons (Fsp3) is 0.263. The molecule has 2 aromatic rings. The molecule has 0 bridgehead atoms. The van der Waals surface area contributed by atoms with Crippen LogP contribution in [-0.4, -0.2) is 18.4 Å². The van der Waals surface area contributed by atoms with Crippen LogP contribution in [0.5, 0.6) is 0 Å². The first-order chi connectivity index (χ1) is 12.6.